The number of aromatic nitrogens is 2. The molecule has 0 amide bonds. The highest BCUT2D eigenvalue weighted by atomic mass is 19.1. The monoisotopic (exact) mass is 303 g/mol. The summed E-state index contributed by atoms with van der Waals surface area (Å²) in [7, 11) is 0. The van der Waals surface area contributed by atoms with Gasteiger partial charge in [0, 0.05) is 50.7 Å². The molecule has 2 aromatic rings. The molecule has 7 nitrogen and oxygen atoms in total. The van der Waals surface area contributed by atoms with Crippen LogP contribution in [0.4, 0.5) is 21.6 Å². The first-order chi connectivity index (χ1) is 10.6. The van der Waals surface area contributed by atoms with Gasteiger partial charge in [0.05, 0.1) is 11.1 Å². The first-order valence-electron chi connectivity index (χ1n) is 6.85. The van der Waals surface area contributed by atoms with E-state index in [-0.39, 0.29) is 5.69 Å². The maximum atomic E-state index is 13.4. The first kappa shape index (κ1) is 14.2. The van der Waals surface area contributed by atoms with E-state index in [0.29, 0.717) is 31.9 Å². The van der Waals surface area contributed by atoms with Gasteiger partial charge in [0.1, 0.15) is 17.3 Å². The third kappa shape index (κ3) is 2.80. The lowest BCUT2D eigenvalue weighted by atomic mass is 10.2. The smallest absolute Gasteiger partial charge is 0.292 e. The fourth-order valence-electron chi connectivity index (χ4n) is 2.54. The molecule has 0 spiro atoms. The summed E-state index contributed by atoms with van der Waals surface area (Å²) in [4.78, 5) is 22.8. The van der Waals surface area contributed by atoms with E-state index < -0.39 is 10.7 Å². The molecule has 114 valence electrons. The highest BCUT2D eigenvalue weighted by Crippen LogP contribution is 2.30. The van der Waals surface area contributed by atoms with Crippen molar-refractivity contribution in [2.75, 3.05) is 36.0 Å². The molecule has 1 aliphatic heterocycles. The zero-order valence-electron chi connectivity index (χ0n) is 11.7. The van der Waals surface area contributed by atoms with E-state index in [1.54, 1.807) is 18.6 Å². The zero-order valence-corrected chi connectivity index (χ0v) is 11.7. The Kier molecular flexibility index (Phi) is 3.82. The second-order valence-corrected chi connectivity index (χ2v) is 4.93. The molecule has 0 atom stereocenters. The van der Waals surface area contributed by atoms with Crippen LogP contribution in [0.2, 0.25) is 0 Å². The highest BCUT2D eigenvalue weighted by Gasteiger charge is 2.24. The molecule has 0 saturated carbocycles. The number of nitrogens with zero attached hydrogens (tertiary/aromatic N) is 5. The van der Waals surface area contributed by atoms with Gasteiger partial charge in [0.15, 0.2) is 0 Å². The molecule has 1 fully saturated rings. The van der Waals surface area contributed by atoms with Crippen LogP contribution in [0.25, 0.3) is 0 Å². The fraction of sp³-hybridized carbons (Fsp3) is 0.286. The lowest BCUT2D eigenvalue weighted by molar-refractivity contribution is -0.384. The SMILES string of the molecule is O=[N+]([O-])c1ccc(F)cc1N1CCN(c2cnccn2)CC1. The maximum absolute atomic E-state index is 13.4. The fourth-order valence-corrected chi connectivity index (χ4v) is 2.54. The number of nitro groups is 1. The number of halogens is 1. The van der Waals surface area contributed by atoms with E-state index in [4.69, 9.17) is 0 Å². The van der Waals surface area contributed by atoms with Gasteiger partial charge in [-0.05, 0) is 6.07 Å². The van der Waals surface area contributed by atoms with E-state index in [0.717, 1.165) is 11.9 Å². The Bertz CT molecular complexity index is 674. The van der Waals surface area contributed by atoms with Crippen LogP contribution < -0.4 is 9.80 Å². The quantitative estimate of drug-likeness (QED) is 0.636. The number of nitro benzene ring substituents is 1. The minimum atomic E-state index is -0.482. The lowest BCUT2D eigenvalue weighted by Gasteiger charge is -2.36. The van der Waals surface area contributed by atoms with E-state index in [2.05, 4.69) is 14.9 Å². The zero-order chi connectivity index (χ0) is 15.5. The number of piperazine rings is 1. The van der Waals surface area contributed by atoms with Crippen LogP contribution in [0.1, 0.15) is 0 Å². The maximum Gasteiger partial charge on any atom is 0.292 e. The van der Waals surface area contributed by atoms with Crippen LogP contribution in [-0.2, 0) is 0 Å². The summed E-state index contributed by atoms with van der Waals surface area (Å²) in [6.45, 7) is 2.40. The summed E-state index contributed by atoms with van der Waals surface area (Å²) in [6, 6.07) is 3.53. The van der Waals surface area contributed by atoms with E-state index in [1.807, 2.05) is 4.90 Å². The number of benzene rings is 1. The van der Waals surface area contributed by atoms with E-state index in [9.17, 15) is 14.5 Å². The Morgan fingerprint density at radius 1 is 1.14 bits per heavy atom. The molecule has 1 aliphatic rings. The largest absolute Gasteiger partial charge is 0.362 e. The molecule has 1 saturated heterocycles. The first-order valence-corrected chi connectivity index (χ1v) is 6.85. The minimum absolute atomic E-state index is 0.0747. The van der Waals surface area contributed by atoms with Gasteiger partial charge in [-0.3, -0.25) is 15.1 Å². The van der Waals surface area contributed by atoms with Gasteiger partial charge in [-0.25, -0.2) is 9.37 Å². The van der Waals surface area contributed by atoms with Gasteiger partial charge in [-0.15, -0.1) is 0 Å². The second kappa shape index (κ2) is 5.92. The Morgan fingerprint density at radius 3 is 2.50 bits per heavy atom. The van der Waals surface area contributed by atoms with Crippen LogP contribution in [-0.4, -0.2) is 41.1 Å². The molecule has 0 unspecified atom stereocenters. The number of anilines is 2. The standard InChI is InChI=1S/C14H14FN5O2/c15-11-1-2-12(20(21)22)13(9-11)18-5-7-19(8-6-18)14-10-16-3-4-17-14/h1-4,9-10H,5-8H2. The topological polar surface area (TPSA) is 75.4 Å². The third-order valence-corrected chi connectivity index (χ3v) is 3.63. The molecular weight excluding hydrogens is 289 g/mol. The Balaban J connectivity index is 1.77. The van der Waals surface area contributed by atoms with Crippen molar-refractivity contribution in [2.45, 2.75) is 0 Å². The molecule has 2 heterocycles. The van der Waals surface area contributed by atoms with Gasteiger partial charge < -0.3 is 9.80 Å². The van der Waals surface area contributed by atoms with Crippen molar-refractivity contribution in [3.8, 4) is 0 Å². The molecule has 0 N–H and O–H groups in total. The molecule has 8 heteroatoms. The average molecular weight is 303 g/mol. The second-order valence-electron chi connectivity index (χ2n) is 4.93. The molecule has 0 bridgehead atoms. The predicted molar refractivity (Wildman–Crippen MR) is 79.5 cm³/mol. The van der Waals surface area contributed by atoms with Crippen molar-refractivity contribution in [2.24, 2.45) is 0 Å². The van der Waals surface area contributed by atoms with E-state index >= 15 is 0 Å². The lowest BCUT2D eigenvalue weighted by Crippen LogP contribution is -2.47. The summed E-state index contributed by atoms with van der Waals surface area (Å²) >= 11 is 0. The Morgan fingerprint density at radius 2 is 1.86 bits per heavy atom. The molecular formula is C14H14FN5O2. The Labute approximate surface area is 126 Å². The van der Waals surface area contributed by atoms with Gasteiger partial charge in [-0.1, -0.05) is 0 Å². The van der Waals surface area contributed by atoms with Crippen LogP contribution in [0.3, 0.4) is 0 Å². The van der Waals surface area contributed by atoms with Gasteiger partial charge in [0.2, 0.25) is 0 Å². The summed E-state index contributed by atoms with van der Waals surface area (Å²) in [5.74, 6) is 0.299. The summed E-state index contributed by atoms with van der Waals surface area (Å²) in [5.41, 5.74) is 0.248. The van der Waals surface area contributed by atoms with Crippen LogP contribution in [0, 0.1) is 15.9 Å². The molecule has 1 aromatic heterocycles. The van der Waals surface area contributed by atoms with E-state index in [1.165, 1.54) is 12.1 Å². The predicted octanol–water partition coefficient (Wildman–Crippen LogP) is 1.85. The molecule has 1 aromatic carbocycles. The van der Waals surface area contributed by atoms with Crippen molar-refractivity contribution in [1.82, 2.24) is 9.97 Å². The van der Waals surface area contributed by atoms with Crippen molar-refractivity contribution in [1.29, 1.82) is 0 Å². The Hall–Kier alpha value is -2.77. The summed E-state index contributed by atoms with van der Waals surface area (Å²) < 4.78 is 13.4. The molecule has 3 rings (SSSR count). The van der Waals surface area contributed by atoms with Crippen LogP contribution >= 0.6 is 0 Å². The minimum Gasteiger partial charge on any atom is -0.362 e. The normalized spacial score (nSPS) is 15.0. The van der Waals surface area contributed by atoms with Crippen molar-refractivity contribution in [3.63, 3.8) is 0 Å². The number of rotatable bonds is 3. The number of hydrogen-bond donors (Lipinski definition) is 0. The van der Waals surface area contributed by atoms with Crippen LogP contribution in [0.5, 0.6) is 0 Å². The van der Waals surface area contributed by atoms with Crippen molar-refractivity contribution in [3.05, 3.63) is 52.7 Å². The van der Waals surface area contributed by atoms with Gasteiger partial charge in [0.25, 0.3) is 5.69 Å². The highest BCUT2D eigenvalue weighted by molar-refractivity contribution is 5.64. The van der Waals surface area contributed by atoms with Gasteiger partial charge >= 0.3 is 0 Å². The van der Waals surface area contributed by atoms with Gasteiger partial charge in [-0.2, -0.15) is 0 Å². The van der Waals surface area contributed by atoms with Crippen molar-refractivity contribution < 1.29 is 9.31 Å². The van der Waals surface area contributed by atoms with Crippen LogP contribution in [0.15, 0.2) is 36.8 Å². The molecule has 22 heavy (non-hydrogen) atoms. The van der Waals surface area contributed by atoms with Crippen molar-refractivity contribution >= 4 is 17.2 Å². The molecule has 0 aliphatic carbocycles. The number of hydrogen-bond acceptors (Lipinski definition) is 6. The average Bonchev–Trinajstić information content (AvgIpc) is 2.55. The summed E-state index contributed by atoms with van der Waals surface area (Å²) in [6.07, 6.45) is 4.91. The third-order valence-electron chi connectivity index (χ3n) is 3.63. The molecule has 0 radical (unpaired) electrons. The summed E-state index contributed by atoms with van der Waals surface area (Å²) in [5, 5.41) is 11.1.